The fourth-order valence-corrected chi connectivity index (χ4v) is 1.67. The number of anilines is 1. The molecule has 0 unspecified atom stereocenters. The Kier molecular flexibility index (Phi) is 5.12. The third-order valence-corrected chi connectivity index (χ3v) is 2.93. The van der Waals surface area contributed by atoms with E-state index in [4.69, 9.17) is 9.68 Å². The average Bonchev–Trinajstić information content (AvgIpc) is 3.01. The first-order valence-corrected chi connectivity index (χ1v) is 6.77. The van der Waals surface area contributed by atoms with E-state index in [2.05, 4.69) is 31.5 Å². The van der Waals surface area contributed by atoms with E-state index in [1.54, 1.807) is 30.5 Å². The van der Waals surface area contributed by atoms with Gasteiger partial charge in [0.1, 0.15) is 23.2 Å². The van der Waals surface area contributed by atoms with Gasteiger partial charge in [0.15, 0.2) is 0 Å². The third-order valence-electron chi connectivity index (χ3n) is 2.46. The molecule has 0 aliphatic heterocycles. The van der Waals surface area contributed by atoms with Crippen LogP contribution in [-0.4, -0.2) is 10.9 Å². The Morgan fingerprint density at radius 3 is 2.95 bits per heavy atom. The van der Waals surface area contributed by atoms with Crippen LogP contribution in [0.15, 0.2) is 57.4 Å². The number of halogens is 1. The summed E-state index contributed by atoms with van der Waals surface area (Å²) in [4.78, 5) is 15.9. The minimum Gasteiger partial charge on any atom is -0.467 e. The Bertz CT molecular complexity index is 672. The number of nitrogens with zero attached hydrogens (tertiary/aromatic N) is 2. The van der Waals surface area contributed by atoms with Crippen molar-refractivity contribution >= 4 is 27.7 Å². The Morgan fingerprint density at radius 2 is 2.33 bits per heavy atom. The van der Waals surface area contributed by atoms with Crippen LogP contribution in [0.1, 0.15) is 5.76 Å². The molecule has 0 fully saturated rings. The fourth-order valence-electron chi connectivity index (χ4n) is 1.43. The molecule has 7 heteroatoms. The van der Waals surface area contributed by atoms with Crippen LogP contribution >= 0.6 is 15.9 Å². The molecular formula is C14H11BrN4O2. The maximum Gasteiger partial charge on any atom is 0.263 e. The molecule has 6 nitrogen and oxygen atoms in total. The average molecular weight is 347 g/mol. The molecule has 0 bridgehead atoms. The van der Waals surface area contributed by atoms with E-state index in [1.807, 2.05) is 6.07 Å². The molecule has 0 aliphatic rings. The summed E-state index contributed by atoms with van der Waals surface area (Å²) in [5.74, 6) is 0.659. The maximum atomic E-state index is 11.8. The van der Waals surface area contributed by atoms with Crippen LogP contribution in [0.3, 0.4) is 0 Å². The van der Waals surface area contributed by atoms with Crippen molar-refractivity contribution in [2.24, 2.45) is 0 Å². The van der Waals surface area contributed by atoms with Gasteiger partial charge in [0.05, 0.1) is 12.8 Å². The summed E-state index contributed by atoms with van der Waals surface area (Å²) in [5, 5.41) is 14.4. The standard InChI is InChI=1S/C14H11BrN4O2/c15-11-3-4-13(18-8-11)17-7-10(6-16)14(20)19-9-12-2-1-5-21-12/h1-5,7-8H,9H2,(H,17,18)(H,19,20)/b10-7-. The number of amides is 1. The summed E-state index contributed by atoms with van der Waals surface area (Å²) < 4.78 is 5.93. The van der Waals surface area contributed by atoms with E-state index in [0.29, 0.717) is 11.6 Å². The predicted molar refractivity (Wildman–Crippen MR) is 79.8 cm³/mol. The first-order chi connectivity index (χ1) is 10.2. The lowest BCUT2D eigenvalue weighted by Crippen LogP contribution is -2.24. The number of furan rings is 1. The van der Waals surface area contributed by atoms with Gasteiger partial charge in [-0.2, -0.15) is 5.26 Å². The number of carbonyl (C=O) groups excluding carboxylic acids is 1. The van der Waals surface area contributed by atoms with Crippen LogP contribution in [0.25, 0.3) is 0 Å². The summed E-state index contributed by atoms with van der Waals surface area (Å²) in [5.41, 5.74) is -0.0497. The van der Waals surface area contributed by atoms with Gasteiger partial charge in [0, 0.05) is 16.9 Å². The highest BCUT2D eigenvalue weighted by molar-refractivity contribution is 9.10. The predicted octanol–water partition coefficient (Wildman–Crippen LogP) is 2.57. The Morgan fingerprint density at radius 1 is 1.48 bits per heavy atom. The van der Waals surface area contributed by atoms with E-state index in [1.165, 1.54) is 12.5 Å². The van der Waals surface area contributed by atoms with Gasteiger partial charge in [-0.15, -0.1) is 0 Å². The molecule has 0 radical (unpaired) electrons. The molecule has 2 rings (SSSR count). The molecule has 21 heavy (non-hydrogen) atoms. The van der Waals surface area contributed by atoms with Gasteiger partial charge in [0.25, 0.3) is 5.91 Å². The van der Waals surface area contributed by atoms with Crippen LogP contribution in [-0.2, 0) is 11.3 Å². The van der Waals surface area contributed by atoms with Crippen molar-refractivity contribution in [1.29, 1.82) is 5.26 Å². The molecule has 0 atom stereocenters. The zero-order valence-electron chi connectivity index (χ0n) is 10.8. The molecule has 0 spiro atoms. The molecular weight excluding hydrogens is 336 g/mol. The number of nitrogens with one attached hydrogen (secondary N) is 2. The molecule has 106 valence electrons. The first kappa shape index (κ1) is 14.8. The molecule has 2 N–H and O–H groups in total. The first-order valence-electron chi connectivity index (χ1n) is 5.98. The molecule has 0 saturated heterocycles. The topological polar surface area (TPSA) is 91.0 Å². The van der Waals surface area contributed by atoms with Gasteiger partial charge in [-0.05, 0) is 40.2 Å². The van der Waals surface area contributed by atoms with Crippen LogP contribution in [0.5, 0.6) is 0 Å². The van der Waals surface area contributed by atoms with Crippen molar-refractivity contribution in [3.8, 4) is 6.07 Å². The largest absolute Gasteiger partial charge is 0.467 e. The van der Waals surface area contributed by atoms with Gasteiger partial charge >= 0.3 is 0 Å². The summed E-state index contributed by atoms with van der Waals surface area (Å²) in [6, 6.07) is 8.81. The number of pyridine rings is 1. The van der Waals surface area contributed by atoms with E-state index in [9.17, 15) is 4.79 Å². The molecule has 0 aliphatic carbocycles. The van der Waals surface area contributed by atoms with E-state index < -0.39 is 5.91 Å². The van der Waals surface area contributed by atoms with E-state index >= 15 is 0 Å². The second-order valence-corrected chi connectivity index (χ2v) is 4.85. The highest BCUT2D eigenvalue weighted by Gasteiger charge is 2.09. The normalized spacial score (nSPS) is 10.8. The minimum atomic E-state index is -0.487. The van der Waals surface area contributed by atoms with Crippen molar-refractivity contribution in [1.82, 2.24) is 10.3 Å². The van der Waals surface area contributed by atoms with Crippen LogP contribution in [0, 0.1) is 11.3 Å². The van der Waals surface area contributed by atoms with E-state index in [0.717, 1.165) is 4.47 Å². The zero-order valence-corrected chi connectivity index (χ0v) is 12.4. The highest BCUT2D eigenvalue weighted by Crippen LogP contribution is 2.10. The number of hydrogen-bond acceptors (Lipinski definition) is 5. The maximum absolute atomic E-state index is 11.8. The number of rotatable bonds is 5. The van der Waals surface area contributed by atoms with Gasteiger partial charge < -0.3 is 15.1 Å². The highest BCUT2D eigenvalue weighted by atomic mass is 79.9. The van der Waals surface area contributed by atoms with Crippen LogP contribution in [0.2, 0.25) is 0 Å². The van der Waals surface area contributed by atoms with Crippen LogP contribution in [0.4, 0.5) is 5.82 Å². The van der Waals surface area contributed by atoms with Crippen molar-refractivity contribution < 1.29 is 9.21 Å². The van der Waals surface area contributed by atoms with Crippen molar-refractivity contribution in [3.63, 3.8) is 0 Å². The Hall–Kier alpha value is -2.59. The lowest BCUT2D eigenvalue weighted by Gasteiger charge is -2.03. The second kappa shape index (κ2) is 7.26. The fraction of sp³-hybridized carbons (Fsp3) is 0.0714. The van der Waals surface area contributed by atoms with Crippen molar-refractivity contribution in [2.45, 2.75) is 6.54 Å². The monoisotopic (exact) mass is 346 g/mol. The minimum absolute atomic E-state index is 0.0497. The molecule has 2 aromatic rings. The zero-order chi connectivity index (χ0) is 15.1. The van der Waals surface area contributed by atoms with Gasteiger partial charge in [-0.1, -0.05) is 0 Å². The number of aromatic nitrogens is 1. The molecule has 1 amide bonds. The molecule has 0 aromatic carbocycles. The van der Waals surface area contributed by atoms with Gasteiger partial charge in [-0.3, -0.25) is 4.79 Å². The summed E-state index contributed by atoms with van der Waals surface area (Å²) in [6.07, 6.45) is 4.44. The Labute approximate surface area is 129 Å². The summed E-state index contributed by atoms with van der Waals surface area (Å²) in [6.45, 7) is 0.224. The SMILES string of the molecule is N#C/C(=C/Nc1ccc(Br)cn1)C(=O)NCc1ccco1. The molecule has 0 saturated carbocycles. The smallest absolute Gasteiger partial charge is 0.263 e. The Balaban J connectivity index is 1.94. The lowest BCUT2D eigenvalue weighted by atomic mass is 10.3. The number of carbonyl (C=O) groups is 1. The van der Waals surface area contributed by atoms with Gasteiger partial charge in [-0.25, -0.2) is 4.98 Å². The van der Waals surface area contributed by atoms with Gasteiger partial charge in [0.2, 0.25) is 0 Å². The summed E-state index contributed by atoms with van der Waals surface area (Å²) in [7, 11) is 0. The van der Waals surface area contributed by atoms with E-state index in [-0.39, 0.29) is 12.1 Å². The molecule has 2 heterocycles. The lowest BCUT2D eigenvalue weighted by molar-refractivity contribution is -0.117. The third kappa shape index (κ3) is 4.47. The number of hydrogen-bond donors (Lipinski definition) is 2. The van der Waals surface area contributed by atoms with Crippen LogP contribution < -0.4 is 10.6 Å². The second-order valence-electron chi connectivity index (χ2n) is 3.94. The number of nitriles is 1. The van der Waals surface area contributed by atoms with Crippen molar-refractivity contribution in [2.75, 3.05) is 5.32 Å². The quantitative estimate of drug-likeness (QED) is 0.641. The van der Waals surface area contributed by atoms with Crippen molar-refractivity contribution in [3.05, 3.63) is 58.7 Å². The summed E-state index contributed by atoms with van der Waals surface area (Å²) >= 11 is 3.27. The molecule has 2 aromatic heterocycles.